The molecule has 1 aromatic carbocycles. The molecule has 0 spiro atoms. The molecule has 6 heteroatoms. The fourth-order valence-corrected chi connectivity index (χ4v) is 2.79. The number of aromatic nitrogens is 1. The van der Waals surface area contributed by atoms with Crippen LogP contribution in [0.2, 0.25) is 10.0 Å². The number of nitrogens with zero attached hydrogens (tertiary/aromatic N) is 1. The van der Waals surface area contributed by atoms with E-state index < -0.39 is 0 Å². The summed E-state index contributed by atoms with van der Waals surface area (Å²) in [5, 5.41) is 6.33. The third-order valence-corrected chi connectivity index (χ3v) is 3.74. The molecular formula is C13H12Cl2N2OS. The van der Waals surface area contributed by atoms with Gasteiger partial charge in [-0.2, -0.15) is 0 Å². The van der Waals surface area contributed by atoms with Gasteiger partial charge in [0.2, 0.25) is 5.91 Å². The average Bonchev–Trinajstić information content (AvgIpc) is 2.77. The van der Waals surface area contributed by atoms with Gasteiger partial charge in [0.05, 0.1) is 10.7 Å². The summed E-state index contributed by atoms with van der Waals surface area (Å²) in [4.78, 5) is 15.8. The van der Waals surface area contributed by atoms with Gasteiger partial charge >= 0.3 is 0 Å². The maximum Gasteiger partial charge on any atom is 0.226 e. The summed E-state index contributed by atoms with van der Waals surface area (Å²) >= 11 is 13.4. The molecule has 100 valence electrons. The van der Waals surface area contributed by atoms with E-state index in [1.807, 2.05) is 18.4 Å². The van der Waals surface area contributed by atoms with Crippen molar-refractivity contribution in [1.29, 1.82) is 0 Å². The molecule has 0 radical (unpaired) electrons. The number of hydrogen-bond donors (Lipinski definition) is 1. The highest BCUT2D eigenvalue weighted by Crippen LogP contribution is 2.32. The van der Waals surface area contributed by atoms with E-state index >= 15 is 0 Å². The van der Waals surface area contributed by atoms with Gasteiger partial charge in [0, 0.05) is 22.4 Å². The van der Waals surface area contributed by atoms with E-state index in [0.717, 1.165) is 17.7 Å². The van der Waals surface area contributed by atoms with Crippen LogP contribution in [0.1, 0.15) is 19.8 Å². The molecule has 0 aliphatic carbocycles. The number of thiazole rings is 1. The molecule has 0 unspecified atom stereocenters. The zero-order valence-corrected chi connectivity index (χ0v) is 12.6. The second kappa shape index (κ2) is 6.37. The van der Waals surface area contributed by atoms with Crippen molar-refractivity contribution in [2.75, 3.05) is 5.32 Å². The summed E-state index contributed by atoms with van der Waals surface area (Å²) in [6.07, 6.45) is 1.31. The lowest BCUT2D eigenvalue weighted by atomic mass is 10.2. The van der Waals surface area contributed by atoms with Crippen molar-refractivity contribution in [1.82, 2.24) is 4.98 Å². The molecule has 0 aliphatic heterocycles. The van der Waals surface area contributed by atoms with E-state index in [1.54, 1.807) is 12.1 Å². The molecule has 0 bridgehead atoms. The van der Waals surface area contributed by atoms with E-state index in [4.69, 9.17) is 23.2 Å². The highest BCUT2D eigenvalue weighted by atomic mass is 35.5. The highest BCUT2D eigenvalue weighted by molar-refractivity contribution is 7.14. The van der Waals surface area contributed by atoms with Crippen LogP contribution in [-0.4, -0.2) is 10.9 Å². The van der Waals surface area contributed by atoms with Gasteiger partial charge in [0.15, 0.2) is 5.13 Å². The Morgan fingerprint density at radius 2 is 2.21 bits per heavy atom. The van der Waals surface area contributed by atoms with Crippen LogP contribution in [0.5, 0.6) is 0 Å². The molecule has 0 atom stereocenters. The zero-order valence-electron chi connectivity index (χ0n) is 10.2. The van der Waals surface area contributed by atoms with E-state index in [-0.39, 0.29) is 5.91 Å². The normalized spacial score (nSPS) is 10.5. The van der Waals surface area contributed by atoms with Crippen molar-refractivity contribution in [3.63, 3.8) is 0 Å². The molecule has 0 fully saturated rings. The number of amides is 1. The number of carbonyl (C=O) groups is 1. The molecule has 0 aliphatic rings. The minimum atomic E-state index is -0.0226. The number of carbonyl (C=O) groups excluding carboxylic acids is 1. The summed E-state index contributed by atoms with van der Waals surface area (Å²) in [6, 6.07) is 5.25. The second-order valence-corrected chi connectivity index (χ2v) is 5.66. The van der Waals surface area contributed by atoms with Gasteiger partial charge in [0.25, 0.3) is 0 Å². The first-order chi connectivity index (χ1) is 9.10. The Hall–Kier alpha value is -1.10. The minimum Gasteiger partial charge on any atom is -0.302 e. The van der Waals surface area contributed by atoms with Gasteiger partial charge in [-0.25, -0.2) is 4.98 Å². The molecule has 1 heterocycles. The zero-order chi connectivity index (χ0) is 13.8. The molecule has 1 amide bonds. The molecule has 0 saturated heterocycles. The van der Waals surface area contributed by atoms with Crippen LogP contribution >= 0.6 is 34.5 Å². The Kier molecular flexibility index (Phi) is 4.80. The van der Waals surface area contributed by atoms with Crippen molar-refractivity contribution >= 4 is 45.6 Å². The number of halogens is 2. The number of rotatable bonds is 4. The maximum absolute atomic E-state index is 11.5. The van der Waals surface area contributed by atoms with E-state index in [0.29, 0.717) is 21.6 Å². The number of anilines is 1. The van der Waals surface area contributed by atoms with Crippen LogP contribution < -0.4 is 5.32 Å². The van der Waals surface area contributed by atoms with Gasteiger partial charge in [-0.3, -0.25) is 4.79 Å². The molecule has 3 nitrogen and oxygen atoms in total. The van der Waals surface area contributed by atoms with Crippen molar-refractivity contribution in [2.45, 2.75) is 19.8 Å². The highest BCUT2D eigenvalue weighted by Gasteiger charge is 2.10. The number of nitrogens with one attached hydrogen (secondary N) is 1. The van der Waals surface area contributed by atoms with Crippen LogP contribution in [-0.2, 0) is 4.79 Å². The van der Waals surface area contributed by atoms with Crippen molar-refractivity contribution in [3.05, 3.63) is 33.6 Å². The van der Waals surface area contributed by atoms with E-state index in [9.17, 15) is 4.79 Å². The molecular weight excluding hydrogens is 303 g/mol. The lowest BCUT2D eigenvalue weighted by Crippen LogP contribution is -2.10. The Morgan fingerprint density at radius 1 is 1.42 bits per heavy atom. The maximum atomic E-state index is 11.5. The summed E-state index contributed by atoms with van der Waals surface area (Å²) < 4.78 is 0. The Balaban J connectivity index is 2.18. The first kappa shape index (κ1) is 14.3. The quantitative estimate of drug-likeness (QED) is 0.876. The lowest BCUT2D eigenvalue weighted by molar-refractivity contribution is -0.116. The predicted octanol–water partition coefficient (Wildman–Crippen LogP) is 4.86. The summed E-state index contributed by atoms with van der Waals surface area (Å²) in [5.74, 6) is -0.0226. The largest absolute Gasteiger partial charge is 0.302 e. The van der Waals surface area contributed by atoms with Crippen molar-refractivity contribution < 1.29 is 4.79 Å². The van der Waals surface area contributed by atoms with Crippen LogP contribution in [0.25, 0.3) is 11.3 Å². The van der Waals surface area contributed by atoms with Gasteiger partial charge in [-0.05, 0) is 24.6 Å². The fraction of sp³-hybridized carbons (Fsp3) is 0.231. The van der Waals surface area contributed by atoms with E-state index in [2.05, 4.69) is 10.3 Å². The second-order valence-electron chi connectivity index (χ2n) is 3.96. The number of hydrogen-bond acceptors (Lipinski definition) is 3. The third kappa shape index (κ3) is 3.69. The average molecular weight is 315 g/mol. The standard InChI is InChI=1S/C13H12Cl2N2OS/c1-2-3-12(18)17-13-16-11(7-19-13)9-5-4-8(14)6-10(9)15/h4-7H,2-3H2,1H3,(H,16,17,18). The third-order valence-electron chi connectivity index (χ3n) is 2.43. The SMILES string of the molecule is CCCC(=O)Nc1nc(-c2ccc(Cl)cc2Cl)cs1. The van der Waals surface area contributed by atoms with Gasteiger partial charge in [0.1, 0.15) is 0 Å². The molecule has 19 heavy (non-hydrogen) atoms. The summed E-state index contributed by atoms with van der Waals surface area (Å²) in [5.41, 5.74) is 1.54. The monoisotopic (exact) mass is 314 g/mol. The van der Waals surface area contributed by atoms with E-state index in [1.165, 1.54) is 11.3 Å². The molecule has 2 aromatic rings. The fourth-order valence-electron chi connectivity index (χ4n) is 1.56. The van der Waals surface area contributed by atoms with Crippen LogP contribution in [0.15, 0.2) is 23.6 Å². The van der Waals surface area contributed by atoms with Gasteiger partial charge in [-0.1, -0.05) is 30.1 Å². The molecule has 1 aromatic heterocycles. The number of benzene rings is 1. The lowest BCUT2D eigenvalue weighted by Gasteiger charge is -2.01. The summed E-state index contributed by atoms with van der Waals surface area (Å²) in [6.45, 7) is 1.96. The van der Waals surface area contributed by atoms with Crippen LogP contribution in [0.3, 0.4) is 0 Å². The predicted molar refractivity (Wildman–Crippen MR) is 81.1 cm³/mol. The Labute approximate surface area is 125 Å². The van der Waals surface area contributed by atoms with Crippen molar-refractivity contribution in [2.24, 2.45) is 0 Å². The first-order valence-corrected chi connectivity index (χ1v) is 7.44. The summed E-state index contributed by atoms with van der Waals surface area (Å²) in [7, 11) is 0. The molecule has 2 rings (SSSR count). The van der Waals surface area contributed by atoms with Crippen LogP contribution in [0.4, 0.5) is 5.13 Å². The van der Waals surface area contributed by atoms with Crippen LogP contribution in [0, 0.1) is 0 Å². The Morgan fingerprint density at radius 3 is 2.89 bits per heavy atom. The van der Waals surface area contributed by atoms with Crippen molar-refractivity contribution in [3.8, 4) is 11.3 Å². The Bertz CT molecular complexity index is 598. The molecule has 1 N–H and O–H groups in total. The minimum absolute atomic E-state index is 0.0226. The molecule has 0 saturated carbocycles. The smallest absolute Gasteiger partial charge is 0.226 e. The topological polar surface area (TPSA) is 42.0 Å². The first-order valence-electron chi connectivity index (χ1n) is 5.81. The van der Waals surface area contributed by atoms with Gasteiger partial charge in [-0.15, -0.1) is 11.3 Å². The van der Waals surface area contributed by atoms with Gasteiger partial charge < -0.3 is 5.32 Å².